The number of nitrogens with one attached hydrogen (secondary N) is 1. The largest absolute Gasteiger partial charge is 0.298 e. The van der Waals surface area contributed by atoms with Crippen LogP contribution in [0, 0.1) is 0 Å². The molecule has 9 heteroatoms. The van der Waals surface area contributed by atoms with Crippen molar-refractivity contribution in [1.29, 1.82) is 0 Å². The lowest BCUT2D eigenvalue weighted by molar-refractivity contribution is -0.111. The van der Waals surface area contributed by atoms with Crippen molar-refractivity contribution < 1.29 is 13.2 Å². The zero-order valence-electron chi connectivity index (χ0n) is 13.4. The highest BCUT2D eigenvalue weighted by Crippen LogP contribution is 2.28. The zero-order chi connectivity index (χ0) is 18.9. The summed E-state index contributed by atoms with van der Waals surface area (Å²) in [5, 5.41) is 3.98. The van der Waals surface area contributed by atoms with Gasteiger partial charge >= 0.3 is 0 Å². The van der Waals surface area contributed by atoms with E-state index in [9.17, 15) is 13.2 Å². The minimum atomic E-state index is -3.30. The average Bonchev–Trinajstić information content (AvgIpc) is 2.94. The topological polar surface area (TPSA) is 76.1 Å². The van der Waals surface area contributed by atoms with Crippen LogP contribution in [0.5, 0.6) is 0 Å². The van der Waals surface area contributed by atoms with Gasteiger partial charge in [0.15, 0.2) is 15.0 Å². The van der Waals surface area contributed by atoms with Crippen LogP contribution in [-0.4, -0.2) is 25.6 Å². The van der Waals surface area contributed by atoms with E-state index in [2.05, 4.69) is 10.3 Å². The van der Waals surface area contributed by atoms with Crippen LogP contribution in [0.2, 0.25) is 10.0 Å². The summed E-state index contributed by atoms with van der Waals surface area (Å²) in [6.45, 7) is 0. The molecule has 1 aromatic heterocycles. The summed E-state index contributed by atoms with van der Waals surface area (Å²) in [5.74, 6) is -0.376. The number of halogens is 2. The number of carbonyl (C=O) groups is 1. The fourth-order valence-corrected chi connectivity index (χ4v) is 4.24. The molecule has 0 fully saturated rings. The highest BCUT2D eigenvalue weighted by molar-refractivity contribution is 7.90. The quantitative estimate of drug-likeness (QED) is 0.615. The molecule has 1 amide bonds. The predicted octanol–water partition coefficient (Wildman–Crippen LogP) is 4.66. The van der Waals surface area contributed by atoms with Crippen LogP contribution in [0.4, 0.5) is 5.13 Å². The normalized spacial score (nSPS) is 12.0. The predicted molar refractivity (Wildman–Crippen MR) is 107 cm³/mol. The molecule has 0 aliphatic carbocycles. The first kappa shape index (κ1) is 18.8. The van der Waals surface area contributed by atoms with Gasteiger partial charge in [0.05, 0.1) is 15.1 Å². The molecule has 0 saturated carbocycles. The third-order valence-corrected chi connectivity index (χ3v) is 6.00. The molecule has 1 N–H and O–H groups in total. The van der Waals surface area contributed by atoms with Crippen molar-refractivity contribution in [3.63, 3.8) is 0 Å². The molecular formula is C17H12Cl2N2O3S2. The Labute approximate surface area is 164 Å². The van der Waals surface area contributed by atoms with Gasteiger partial charge in [-0.15, -0.1) is 0 Å². The lowest BCUT2D eigenvalue weighted by Gasteiger charge is -1.99. The standard InChI is InChI=1S/C17H12Cl2N2O3S2/c1-26(23,24)12-5-6-14-15(9-12)25-17(20-14)21-16(22)7-3-10-2-4-11(18)8-13(10)19/h2-9H,1H3,(H,20,21,22)/b7-3+. The molecule has 26 heavy (non-hydrogen) atoms. The fraction of sp³-hybridized carbons (Fsp3) is 0.0588. The van der Waals surface area contributed by atoms with E-state index in [1.807, 2.05) is 0 Å². The molecule has 0 bridgehead atoms. The number of carbonyl (C=O) groups excluding carboxylic acids is 1. The summed E-state index contributed by atoms with van der Waals surface area (Å²) in [5.41, 5.74) is 1.27. The fourth-order valence-electron chi connectivity index (χ4n) is 2.14. The van der Waals surface area contributed by atoms with Crippen molar-refractivity contribution in [2.45, 2.75) is 4.90 Å². The van der Waals surface area contributed by atoms with E-state index in [0.717, 1.165) is 6.26 Å². The highest BCUT2D eigenvalue weighted by Gasteiger charge is 2.11. The molecular weight excluding hydrogens is 415 g/mol. The number of thiazole rings is 1. The van der Waals surface area contributed by atoms with Crippen LogP contribution in [0.1, 0.15) is 5.56 Å². The number of aromatic nitrogens is 1. The Balaban J connectivity index is 1.77. The van der Waals surface area contributed by atoms with E-state index in [4.69, 9.17) is 23.2 Å². The van der Waals surface area contributed by atoms with Gasteiger partial charge in [0.2, 0.25) is 5.91 Å². The van der Waals surface area contributed by atoms with Gasteiger partial charge in [-0.2, -0.15) is 0 Å². The van der Waals surface area contributed by atoms with Crippen molar-refractivity contribution in [2.24, 2.45) is 0 Å². The average molecular weight is 427 g/mol. The first-order valence-corrected chi connectivity index (χ1v) is 10.7. The van der Waals surface area contributed by atoms with E-state index >= 15 is 0 Å². The van der Waals surface area contributed by atoms with Crippen LogP contribution in [0.25, 0.3) is 16.3 Å². The smallest absolute Gasteiger partial charge is 0.250 e. The van der Waals surface area contributed by atoms with Crippen molar-refractivity contribution in [3.05, 3.63) is 58.1 Å². The van der Waals surface area contributed by atoms with E-state index in [1.54, 1.807) is 36.4 Å². The van der Waals surface area contributed by atoms with Crippen LogP contribution in [-0.2, 0) is 14.6 Å². The Morgan fingerprint density at radius 2 is 1.96 bits per heavy atom. The number of sulfone groups is 1. The maximum Gasteiger partial charge on any atom is 0.250 e. The summed E-state index contributed by atoms with van der Waals surface area (Å²) >= 11 is 13.1. The molecule has 0 radical (unpaired) electrons. The molecule has 5 nitrogen and oxygen atoms in total. The lowest BCUT2D eigenvalue weighted by Crippen LogP contribution is -2.07. The van der Waals surface area contributed by atoms with E-state index in [-0.39, 0.29) is 10.8 Å². The Hall–Kier alpha value is -1.93. The van der Waals surface area contributed by atoms with Gasteiger partial charge in [-0.05, 0) is 42.0 Å². The first-order chi connectivity index (χ1) is 12.2. The van der Waals surface area contributed by atoms with Crippen LogP contribution < -0.4 is 5.32 Å². The molecule has 3 rings (SSSR count). The minimum Gasteiger partial charge on any atom is -0.298 e. The SMILES string of the molecule is CS(=O)(=O)c1ccc2nc(NC(=O)/C=C/c3ccc(Cl)cc3Cl)sc2c1. The molecule has 3 aromatic rings. The summed E-state index contributed by atoms with van der Waals surface area (Å²) in [6, 6.07) is 9.62. The van der Waals surface area contributed by atoms with Gasteiger partial charge in [-0.3, -0.25) is 10.1 Å². The Morgan fingerprint density at radius 3 is 2.65 bits per heavy atom. The molecule has 0 unspecified atom stereocenters. The molecule has 0 spiro atoms. The molecule has 0 atom stereocenters. The van der Waals surface area contributed by atoms with Crippen molar-refractivity contribution in [1.82, 2.24) is 4.98 Å². The number of nitrogens with zero attached hydrogens (tertiary/aromatic N) is 1. The summed E-state index contributed by atoms with van der Waals surface area (Å²) in [7, 11) is -3.30. The van der Waals surface area contributed by atoms with Gasteiger partial charge in [-0.1, -0.05) is 40.6 Å². The van der Waals surface area contributed by atoms with Crippen molar-refractivity contribution >= 4 is 71.7 Å². The molecule has 1 heterocycles. The van der Waals surface area contributed by atoms with Crippen molar-refractivity contribution in [2.75, 3.05) is 11.6 Å². The molecule has 134 valence electrons. The summed E-state index contributed by atoms with van der Waals surface area (Å²) in [6.07, 6.45) is 4.05. The minimum absolute atomic E-state index is 0.212. The van der Waals surface area contributed by atoms with Crippen LogP contribution in [0.3, 0.4) is 0 Å². The third kappa shape index (κ3) is 4.42. The van der Waals surface area contributed by atoms with Gasteiger partial charge < -0.3 is 0 Å². The van der Waals surface area contributed by atoms with E-state index in [0.29, 0.717) is 31.0 Å². The highest BCUT2D eigenvalue weighted by atomic mass is 35.5. The monoisotopic (exact) mass is 426 g/mol. The third-order valence-electron chi connectivity index (χ3n) is 3.39. The Bertz CT molecular complexity index is 1140. The van der Waals surface area contributed by atoms with Gasteiger partial charge in [0.25, 0.3) is 0 Å². The maximum atomic E-state index is 12.1. The molecule has 0 aliphatic heterocycles. The van der Waals surface area contributed by atoms with E-state index in [1.165, 1.54) is 23.5 Å². The second-order valence-corrected chi connectivity index (χ2v) is 9.30. The zero-order valence-corrected chi connectivity index (χ0v) is 16.5. The second-order valence-electron chi connectivity index (χ2n) is 5.41. The number of anilines is 1. The Morgan fingerprint density at radius 1 is 1.19 bits per heavy atom. The summed E-state index contributed by atoms with van der Waals surface area (Å²) < 4.78 is 23.9. The molecule has 0 saturated heterocycles. The molecule has 2 aromatic carbocycles. The summed E-state index contributed by atoms with van der Waals surface area (Å²) in [4.78, 5) is 16.6. The second kappa shape index (κ2) is 7.36. The van der Waals surface area contributed by atoms with Crippen molar-refractivity contribution in [3.8, 4) is 0 Å². The van der Waals surface area contributed by atoms with Gasteiger partial charge in [0, 0.05) is 22.4 Å². The van der Waals surface area contributed by atoms with E-state index < -0.39 is 9.84 Å². The van der Waals surface area contributed by atoms with Crippen LogP contribution >= 0.6 is 34.5 Å². The van der Waals surface area contributed by atoms with Crippen LogP contribution in [0.15, 0.2) is 47.4 Å². The Kier molecular flexibility index (Phi) is 5.34. The number of amides is 1. The number of hydrogen-bond acceptors (Lipinski definition) is 5. The number of rotatable bonds is 4. The number of benzene rings is 2. The van der Waals surface area contributed by atoms with Gasteiger partial charge in [-0.25, -0.2) is 13.4 Å². The first-order valence-electron chi connectivity index (χ1n) is 7.27. The maximum absolute atomic E-state index is 12.1. The number of hydrogen-bond donors (Lipinski definition) is 1. The lowest BCUT2D eigenvalue weighted by atomic mass is 10.2. The number of fused-ring (bicyclic) bond motifs is 1. The molecule has 0 aliphatic rings. The van der Waals surface area contributed by atoms with Gasteiger partial charge in [0.1, 0.15) is 0 Å².